The number of alkyl halides is 3. The summed E-state index contributed by atoms with van der Waals surface area (Å²) >= 11 is 0. The molecule has 0 unspecified atom stereocenters. The van der Waals surface area contributed by atoms with Crippen molar-refractivity contribution < 1.29 is 17.9 Å². The van der Waals surface area contributed by atoms with Gasteiger partial charge in [-0.15, -0.1) is 0 Å². The van der Waals surface area contributed by atoms with E-state index in [0.29, 0.717) is 11.9 Å². The molecule has 0 aliphatic rings. The third-order valence-electron chi connectivity index (χ3n) is 2.87. The molecule has 0 saturated carbocycles. The Morgan fingerprint density at radius 1 is 1.19 bits per heavy atom. The highest BCUT2D eigenvalue weighted by Crippen LogP contribution is 2.35. The van der Waals surface area contributed by atoms with E-state index >= 15 is 0 Å². The van der Waals surface area contributed by atoms with Gasteiger partial charge in [0.05, 0.1) is 7.11 Å². The Hall–Kier alpha value is -2.31. The van der Waals surface area contributed by atoms with Crippen molar-refractivity contribution >= 4 is 11.6 Å². The molecule has 0 bridgehead atoms. The molecule has 1 heterocycles. The first-order chi connectivity index (χ1) is 9.94. The summed E-state index contributed by atoms with van der Waals surface area (Å²) in [7, 11) is 1.14. The molecule has 4 nitrogen and oxygen atoms in total. The van der Waals surface area contributed by atoms with Crippen LogP contribution in [0.1, 0.15) is 18.1 Å². The zero-order valence-corrected chi connectivity index (χ0v) is 11.5. The fourth-order valence-corrected chi connectivity index (χ4v) is 1.73. The summed E-state index contributed by atoms with van der Waals surface area (Å²) in [6.07, 6.45) is -2.94. The lowest BCUT2D eigenvalue weighted by Gasteiger charge is -2.12. The molecule has 0 aliphatic carbocycles. The molecule has 112 valence electrons. The molecule has 0 aliphatic heterocycles. The Bertz CT molecular complexity index is 612. The fraction of sp³-hybridized carbons (Fsp3) is 0.286. The molecule has 1 aromatic heterocycles. The summed E-state index contributed by atoms with van der Waals surface area (Å²) in [5.74, 6) is -0.464. The second-order valence-electron chi connectivity index (χ2n) is 4.29. The quantitative estimate of drug-likeness (QED) is 0.932. The summed E-state index contributed by atoms with van der Waals surface area (Å²) in [5, 5.41) is 2.84. The van der Waals surface area contributed by atoms with Crippen LogP contribution < -0.4 is 10.1 Å². The lowest BCUT2D eigenvalue weighted by molar-refractivity contribution is -0.139. The molecule has 0 fully saturated rings. The number of rotatable bonds is 4. The summed E-state index contributed by atoms with van der Waals surface area (Å²) in [6.45, 7) is 2.03. The van der Waals surface area contributed by atoms with E-state index in [-0.39, 0.29) is 5.95 Å². The van der Waals surface area contributed by atoms with E-state index in [9.17, 15) is 13.2 Å². The van der Waals surface area contributed by atoms with Gasteiger partial charge < -0.3 is 10.1 Å². The van der Waals surface area contributed by atoms with Gasteiger partial charge in [0.2, 0.25) is 11.8 Å². The zero-order chi connectivity index (χ0) is 15.5. The van der Waals surface area contributed by atoms with Crippen LogP contribution in [0, 0.1) is 0 Å². The average molecular weight is 297 g/mol. The van der Waals surface area contributed by atoms with Crippen molar-refractivity contribution in [3.8, 4) is 5.88 Å². The number of aromatic nitrogens is 2. The Kier molecular flexibility index (Phi) is 4.30. The third-order valence-corrected chi connectivity index (χ3v) is 2.87. The number of anilines is 2. The first kappa shape index (κ1) is 15.1. The largest absolute Gasteiger partial charge is 0.480 e. The Morgan fingerprint density at radius 2 is 1.86 bits per heavy atom. The van der Waals surface area contributed by atoms with E-state index in [1.807, 2.05) is 31.2 Å². The highest BCUT2D eigenvalue weighted by atomic mass is 19.4. The van der Waals surface area contributed by atoms with Gasteiger partial charge in [-0.3, -0.25) is 0 Å². The summed E-state index contributed by atoms with van der Waals surface area (Å²) in [4.78, 5) is 7.40. The molecule has 1 N–H and O–H groups in total. The molecule has 0 saturated heterocycles. The molecule has 0 spiro atoms. The van der Waals surface area contributed by atoms with Crippen molar-refractivity contribution in [2.24, 2.45) is 0 Å². The minimum atomic E-state index is -4.55. The monoisotopic (exact) mass is 297 g/mol. The van der Waals surface area contributed by atoms with Crippen LogP contribution in [0.2, 0.25) is 0 Å². The van der Waals surface area contributed by atoms with Gasteiger partial charge in [-0.1, -0.05) is 19.1 Å². The SMILES string of the molecule is CCc1ccc(Nc2ncc(C(F)(F)F)c(OC)n2)cc1. The molecule has 2 rings (SSSR count). The third kappa shape index (κ3) is 3.62. The number of nitrogens with one attached hydrogen (secondary N) is 1. The maximum atomic E-state index is 12.7. The molecular formula is C14H14F3N3O. The minimum absolute atomic E-state index is 0.0455. The van der Waals surface area contributed by atoms with Gasteiger partial charge in [0, 0.05) is 11.9 Å². The van der Waals surface area contributed by atoms with E-state index in [0.717, 1.165) is 19.1 Å². The van der Waals surface area contributed by atoms with E-state index in [2.05, 4.69) is 20.0 Å². The van der Waals surface area contributed by atoms with Crippen molar-refractivity contribution in [1.29, 1.82) is 0 Å². The van der Waals surface area contributed by atoms with Crippen molar-refractivity contribution in [2.45, 2.75) is 19.5 Å². The molecule has 7 heteroatoms. The van der Waals surface area contributed by atoms with E-state index < -0.39 is 17.6 Å². The number of ether oxygens (including phenoxy) is 1. The molecular weight excluding hydrogens is 283 g/mol. The van der Waals surface area contributed by atoms with Crippen LogP contribution in [0.3, 0.4) is 0 Å². The molecule has 21 heavy (non-hydrogen) atoms. The molecule has 1 aromatic carbocycles. The summed E-state index contributed by atoms with van der Waals surface area (Å²) in [6, 6.07) is 7.46. The van der Waals surface area contributed by atoms with Crippen molar-refractivity contribution in [3.63, 3.8) is 0 Å². The van der Waals surface area contributed by atoms with Crippen molar-refractivity contribution in [3.05, 3.63) is 41.6 Å². The van der Waals surface area contributed by atoms with E-state index in [1.165, 1.54) is 0 Å². The van der Waals surface area contributed by atoms with Crippen LogP contribution in [0.4, 0.5) is 24.8 Å². The van der Waals surface area contributed by atoms with Crippen LogP contribution in [0.15, 0.2) is 30.5 Å². The molecule has 2 aromatic rings. The lowest BCUT2D eigenvalue weighted by atomic mass is 10.1. The van der Waals surface area contributed by atoms with Gasteiger partial charge in [-0.25, -0.2) is 4.98 Å². The zero-order valence-electron chi connectivity index (χ0n) is 11.5. The Morgan fingerprint density at radius 3 is 2.38 bits per heavy atom. The topological polar surface area (TPSA) is 47.0 Å². The van der Waals surface area contributed by atoms with Gasteiger partial charge >= 0.3 is 6.18 Å². The number of hydrogen-bond acceptors (Lipinski definition) is 4. The van der Waals surface area contributed by atoms with Crippen LogP contribution in [-0.2, 0) is 12.6 Å². The van der Waals surface area contributed by atoms with Crippen LogP contribution in [0.5, 0.6) is 5.88 Å². The summed E-state index contributed by atoms with van der Waals surface area (Å²) in [5.41, 5.74) is 0.845. The predicted molar refractivity (Wildman–Crippen MR) is 72.7 cm³/mol. The van der Waals surface area contributed by atoms with Crippen molar-refractivity contribution in [2.75, 3.05) is 12.4 Å². The van der Waals surface area contributed by atoms with Crippen molar-refractivity contribution in [1.82, 2.24) is 9.97 Å². The number of hydrogen-bond donors (Lipinski definition) is 1. The van der Waals surface area contributed by atoms with E-state index in [1.54, 1.807) is 0 Å². The number of aryl methyl sites for hydroxylation is 1. The number of methoxy groups -OCH3 is 1. The summed E-state index contributed by atoms with van der Waals surface area (Å²) < 4.78 is 42.8. The van der Waals surface area contributed by atoms with Crippen LogP contribution in [0.25, 0.3) is 0 Å². The molecule has 0 amide bonds. The Balaban J connectivity index is 2.24. The van der Waals surface area contributed by atoms with Crippen LogP contribution >= 0.6 is 0 Å². The first-order valence-electron chi connectivity index (χ1n) is 6.28. The molecule has 0 atom stereocenters. The average Bonchev–Trinajstić information content (AvgIpc) is 2.46. The fourth-order valence-electron chi connectivity index (χ4n) is 1.73. The van der Waals surface area contributed by atoms with Gasteiger partial charge in [-0.2, -0.15) is 18.2 Å². The van der Waals surface area contributed by atoms with Gasteiger partial charge in [0.1, 0.15) is 5.56 Å². The smallest absolute Gasteiger partial charge is 0.423 e. The maximum absolute atomic E-state index is 12.7. The second-order valence-corrected chi connectivity index (χ2v) is 4.29. The highest BCUT2D eigenvalue weighted by Gasteiger charge is 2.36. The lowest BCUT2D eigenvalue weighted by Crippen LogP contribution is -2.11. The van der Waals surface area contributed by atoms with Gasteiger partial charge in [0.15, 0.2) is 0 Å². The first-order valence-corrected chi connectivity index (χ1v) is 6.28. The maximum Gasteiger partial charge on any atom is 0.423 e. The standard InChI is InChI=1S/C14H14F3N3O/c1-3-9-4-6-10(7-5-9)19-13-18-8-11(14(15,16)17)12(20-13)21-2/h4-8H,3H2,1-2H3,(H,18,19,20). The number of halogens is 3. The van der Waals surface area contributed by atoms with E-state index in [4.69, 9.17) is 0 Å². The molecule has 0 radical (unpaired) electrons. The predicted octanol–water partition coefficient (Wildman–Crippen LogP) is 3.81. The van der Waals surface area contributed by atoms with Gasteiger partial charge in [0.25, 0.3) is 0 Å². The minimum Gasteiger partial charge on any atom is -0.480 e. The number of nitrogens with zero attached hydrogens (tertiary/aromatic N) is 2. The Labute approximate surface area is 120 Å². The number of benzene rings is 1. The van der Waals surface area contributed by atoms with Gasteiger partial charge in [-0.05, 0) is 24.1 Å². The van der Waals surface area contributed by atoms with Crippen LogP contribution in [-0.4, -0.2) is 17.1 Å². The normalized spacial score (nSPS) is 11.3. The highest BCUT2D eigenvalue weighted by molar-refractivity contribution is 5.54. The second kappa shape index (κ2) is 5.99.